The maximum Gasteiger partial charge on any atom is 0.287 e. The van der Waals surface area contributed by atoms with Gasteiger partial charge >= 0.3 is 0 Å². The highest BCUT2D eigenvalue weighted by molar-refractivity contribution is 5.91. The molecule has 0 saturated carbocycles. The average molecular weight is 269 g/mol. The number of carbonyl (C=O) groups excluding carboxylic acids is 1. The van der Waals surface area contributed by atoms with E-state index in [1.165, 1.54) is 0 Å². The number of hydrogen-bond acceptors (Lipinski definition) is 4. The van der Waals surface area contributed by atoms with Crippen molar-refractivity contribution in [2.75, 3.05) is 19.8 Å². The molecule has 1 rings (SSSR count). The molecule has 1 heterocycles. The predicted octanol–water partition coefficient (Wildman–Crippen LogP) is 1.66. The van der Waals surface area contributed by atoms with Crippen LogP contribution in [0.3, 0.4) is 0 Å². The molecule has 0 radical (unpaired) electrons. The molecule has 108 valence electrons. The van der Waals surface area contributed by atoms with E-state index in [9.17, 15) is 9.90 Å². The number of aliphatic hydroxyl groups is 1. The maximum atomic E-state index is 11.7. The Kier molecular flexibility index (Phi) is 6.05. The Hall–Kier alpha value is -1.33. The second kappa shape index (κ2) is 7.31. The summed E-state index contributed by atoms with van der Waals surface area (Å²) in [6.45, 7) is 8.72. The summed E-state index contributed by atoms with van der Waals surface area (Å²) in [6.07, 6.45) is -0.708. The van der Waals surface area contributed by atoms with Crippen LogP contribution in [0.15, 0.2) is 10.5 Å². The molecule has 1 atom stereocenters. The van der Waals surface area contributed by atoms with E-state index in [-0.39, 0.29) is 24.8 Å². The van der Waals surface area contributed by atoms with E-state index in [2.05, 4.69) is 5.32 Å². The second-order valence-corrected chi connectivity index (χ2v) is 5.15. The minimum Gasteiger partial charge on any atom is -0.456 e. The van der Waals surface area contributed by atoms with Crippen molar-refractivity contribution in [2.24, 2.45) is 5.92 Å². The lowest BCUT2D eigenvalue weighted by atomic mass is 10.2. The van der Waals surface area contributed by atoms with Crippen LogP contribution in [0, 0.1) is 19.8 Å². The molecule has 19 heavy (non-hydrogen) atoms. The van der Waals surface area contributed by atoms with Gasteiger partial charge in [0.25, 0.3) is 5.91 Å². The van der Waals surface area contributed by atoms with Crippen LogP contribution in [0.5, 0.6) is 0 Å². The zero-order valence-electron chi connectivity index (χ0n) is 12.0. The first-order valence-electron chi connectivity index (χ1n) is 6.51. The quantitative estimate of drug-likeness (QED) is 0.789. The van der Waals surface area contributed by atoms with Gasteiger partial charge in [-0.1, -0.05) is 13.8 Å². The number of ether oxygens (including phenoxy) is 1. The summed E-state index contributed by atoms with van der Waals surface area (Å²) >= 11 is 0. The van der Waals surface area contributed by atoms with Gasteiger partial charge in [-0.2, -0.15) is 0 Å². The van der Waals surface area contributed by atoms with Crippen LogP contribution in [0.1, 0.15) is 35.7 Å². The Morgan fingerprint density at radius 2 is 2.11 bits per heavy atom. The molecule has 0 saturated heterocycles. The van der Waals surface area contributed by atoms with Crippen LogP contribution >= 0.6 is 0 Å². The van der Waals surface area contributed by atoms with Gasteiger partial charge in [0.1, 0.15) is 5.76 Å². The van der Waals surface area contributed by atoms with E-state index in [4.69, 9.17) is 9.15 Å². The van der Waals surface area contributed by atoms with Gasteiger partial charge in [-0.25, -0.2) is 0 Å². The van der Waals surface area contributed by atoms with E-state index in [0.717, 1.165) is 11.3 Å². The molecule has 1 amide bonds. The zero-order valence-corrected chi connectivity index (χ0v) is 12.0. The van der Waals surface area contributed by atoms with Gasteiger partial charge in [0.2, 0.25) is 0 Å². The van der Waals surface area contributed by atoms with Crippen molar-refractivity contribution in [3.8, 4) is 0 Å². The van der Waals surface area contributed by atoms with E-state index in [0.29, 0.717) is 12.5 Å². The molecular weight excluding hydrogens is 246 g/mol. The van der Waals surface area contributed by atoms with Crippen LogP contribution < -0.4 is 5.32 Å². The largest absolute Gasteiger partial charge is 0.456 e. The number of aliphatic hydroxyl groups excluding tert-OH is 1. The molecule has 5 nitrogen and oxygen atoms in total. The summed E-state index contributed by atoms with van der Waals surface area (Å²) in [5.41, 5.74) is 0.936. The van der Waals surface area contributed by atoms with Gasteiger partial charge in [-0.3, -0.25) is 4.79 Å². The number of amides is 1. The maximum absolute atomic E-state index is 11.7. The molecule has 0 aliphatic heterocycles. The second-order valence-electron chi connectivity index (χ2n) is 5.15. The normalized spacial score (nSPS) is 12.7. The molecule has 0 aromatic carbocycles. The summed E-state index contributed by atoms with van der Waals surface area (Å²) in [7, 11) is 0. The summed E-state index contributed by atoms with van der Waals surface area (Å²) in [6, 6.07) is 1.69. The third-order valence-electron chi connectivity index (χ3n) is 2.65. The van der Waals surface area contributed by atoms with Gasteiger partial charge in [0, 0.05) is 13.2 Å². The summed E-state index contributed by atoms with van der Waals surface area (Å²) in [5.74, 6) is 1.10. The minimum absolute atomic E-state index is 0.149. The zero-order chi connectivity index (χ0) is 14.4. The smallest absolute Gasteiger partial charge is 0.287 e. The third-order valence-corrected chi connectivity index (χ3v) is 2.65. The molecular formula is C14H23NO4. The number of hydrogen-bond donors (Lipinski definition) is 2. The SMILES string of the molecule is Cc1cc(C(=O)NCC(O)COCC(C)C)oc1C. The Morgan fingerprint density at radius 3 is 2.63 bits per heavy atom. The molecule has 0 aliphatic rings. The van der Waals surface area contributed by atoms with Crippen molar-refractivity contribution in [1.29, 1.82) is 0 Å². The highest BCUT2D eigenvalue weighted by Gasteiger charge is 2.14. The fourth-order valence-electron chi connectivity index (χ4n) is 1.48. The van der Waals surface area contributed by atoms with Crippen LogP contribution in [0.25, 0.3) is 0 Å². The topological polar surface area (TPSA) is 71.7 Å². The monoisotopic (exact) mass is 269 g/mol. The number of carbonyl (C=O) groups is 1. The third kappa shape index (κ3) is 5.44. The first kappa shape index (κ1) is 15.7. The first-order valence-corrected chi connectivity index (χ1v) is 6.51. The van der Waals surface area contributed by atoms with E-state index >= 15 is 0 Å². The van der Waals surface area contributed by atoms with E-state index in [1.807, 2.05) is 20.8 Å². The lowest BCUT2D eigenvalue weighted by Crippen LogP contribution is -2.34. The van der Waals surface area contributed by atoms with Gasteiger partial charge in [-0.15, -0.1) is 0 Å². The minimum atomic E-state index is -0.708. The molecule has 1 aromatic heterocycles. The standard InChI is InChI=1S/C14H23NO4/c1-9(2)7-18-8-12(16)6-15-14(17)13-5-10(3)11(4)19-13/h5,9,12,16H,6-8H2,1-4H3,(H,15,17). The molecule has 2 N–H and O–H groups in total. The first-order chi connectivity index (χ1) is 8.90. The predicted molar refractivity (Wildman–Crippen MR) is 72.2 cm³/mol. The highest BCUT2D eigenvalue weighted by Crippen LogP contribution is 2.12. The Bertz CT molecular complexity index is 392. The lowest BCUT2D eigenvalue weighted by Gasteiger charge is -2.12. The fourth-order valence-corrected chi connectivity index (χ4v) is 1.48. The lowest BCUT2D eigenvalue weighted by molar-refractivity contribution is 0.0257. The summed E-state index contributed by atoms with van der Waals surface area (Å²) < 4.78 is 10.6. The van der Waals surface area contributed by atoms with Crippen LogP contribution in [-0.2, 0) is 4.74 Å². The molecule has 5 heteroatoms. The molecule has 1 unspecified atom stereocenters. The van der Waals surface area contributed by atoms with Gasteiger partial charge in [0.05, 0.1) is 12.7 Å². The Labute approximate surface area is 113 Å². The molecule has 0 fully saturated rings. The number of nitrogens with one attached hydrogen (secondary N) is 1. The van der Waals surface area contributed by atoms with Gasteiger partial charge < -0.3 is 19.6 Å². The van der Waals surface area contributed by atoms with E-state index in [1.54, 1.807) is 13.0 Å². The number of rotatable bonds is 7. The van der Waals surface area contributed by atoms with Crippen LogP contribution in [0.4, 0.5) is 0 Å². The highest BCUT2D eigenvalue weighted by atomic mass is 16.5. The van der Waals surface area contributed by atoms with E-state index < -0.39 is 6.10 Å². The van der Waals surface area contributed by atoms with Crippen LogP contribution in [0.2, 0.25) is 0 Å². The molecule has 0 bridgehead atoms. The summed E-state index contributed by atoms with van der Waals surface area (Å²) in [4.78, 5) is 11.7. The van der Waals surface area contributed by atoms with Crippen molar-refractivity contribution >= 4 is 5.91 Å². The Morgan fingerprint density at radius 1 is 1.42 bits per heavy atom. The van der Waals surface area contributed by atoms with Crippen molar-refractivity contribution in [3.05, 3.63) is 23.2 Å². The number of furan rings is 1. The van der Waals surface area contributed by atoms with Crippen molar-refractivity contribution < 1.29 is 19.1 Å². The Balaban J connectivity index is 2.30. The van der Waals surface area contributed by atoms with Crippen LogP contribution in [-0.4, -0.2) is 36.9 Å². The fraction of sp³-hybridized carbons (Fsp3) is 0.643. The summed E-state index contributed by atoms with van der Waals surface area (Å²) in [5, 5.41) is 12.3. The van der Waals surface area contributed by atoms with Crippen molar-refractivity contribution in [1.82, 2.24) is 5.32 Å². The average Bonchev–Trinajstić information content (AvgIpc) is 2.66. The molecule has 0 aliphatic carbocycles. The van der Waals surface area contributed by atoms with Gasteiger partial charge in [0.15, 0.2) is 5.76 Å². The van der Waals surface area contributed by atoms with Gasteiger partial charge in [-0.05, 0) is 31.4 Å². The number of aryl methyl sites for hydroxylation is 2. The molecule has 1 aromatic rings. The van der Waals surface area contributed by atoms with Crippen molar-refractivity contribution in [2.45, 2.75) is 33.8 Å². The molecule has 0 spiro atoms. The van der Waals surface area contributed by atoms with Crippen molar-refractivity contribution in [3.63, 3.8) is 0 Å².